The quantitative estimate of drug-likeness (QED) is 0.875. The Morgan fingerprint density at radius 2 is 1.82 bits per heavy atom. The monoisotopic (exact) mass is 243 g/mol. The van der Waals surface area contributed by atoms with Gasteiger partial charge in [0.15, 0.2) is 6.10 Å². The van der Waals surface area contributed by atoms with Crippen molar-refractivity contribution in [1.82, 2.24) is 15.0 Å². The number of para-hydroxylation sites is 1. The highest BCUT2D eigenvalue weighted by molar-refractivity contribution is 5.32. The summed E-state index contributed by atoms with van der Waals surface area (Å²) in [6.45, 7) is 0. The van der Waals surface area contributed by atoms with Gasteiger partial charge in [0, 0.05) is 0 Å². The maximum atomic E-state index is 12.4. The summed E-state index contributed by atoms with van der Waals surface area (Å²) in [5.74, 6) is 0. The molecule has 0 aliphatic heterocycles. The summed E-state index contributed by atoms with van der Waals surface area (Å²) < 4.78 is 38.1. The summed E-state index contributed by atoms with van der Waals surface area (Å²) in [6.07, 6.45) is -6.45. The SMILES string of the molecule is O[C@@H](c1cnnn1-c1ccccc1)C(F)(F)F. The van der Waals surface area contributed by atoms with Crippen molar-refractivity contribution in [3.8, 4) is 5.69 Å². The van der Waals surface area contributed by atoms with Crippen molar-refractivity contribution in [2.45, 2.75) is 12.3 Å². The molecule has 2 aromatic rings. The van der Waals surface area contributed by atoms with E-state index in [-0.39, 0.29) is 0 Å². The number of halogens is 3. The van der Waals surface area contributed by atoms with Gasteiger partial charge in [0.1, 0.15) is 5.69 Å². The van der Waals surface area contributed by atoms with Crippen molar-refractivity contribution in [2.24, 2.45) is 0 Å². The first-order valence-corrected chi connectivity index (χ1v) is 4.71. The summed E-state index contributed by atoms with van der Waals surface area (Å²) in [6, 6.07) is 8.17. The van der Waals surface area contributed by atoms with Crippen LogP contribution in [0.4, 0.5) is 13.2 Å². The first-order chi connectivity index (χ1) is 8.00. The van der Waals surface area contributed by atoms with Gasteiger partial charge in [-0.1, -0.05) is 23.4 Å². The van der Waals surface area contributed by atoms with Gasteiger partial charge in [-0.05, 0) is 12.1 Å². The van der Waals surface area contributed by atoms with Crippen molar-refractivity contribution in [3.63, 3.8) is 0 Å². The van der Waals surface area contributed by atoms with E-state index in [9.17, 15) is 13.2 Å². The normalized spacial score (nSPS) is 13.6. The fourth-order valence-corrected chi connectivity index (χ4v) is 1.37. The highest BCUT2D eigenvalue weighted by Crippen LogP contribution is 2.32. The summed E-state index contributed by atoms with van der Waals surface area (Å²) >= 11 is 0. The molecule has 90 valence electrons. The molecule has 1 atom stereocenters. The van der Waals surface area contributed by atoms with Crippen molar-refractivity contribution >= 4 is 0 Å². The van der Waals surface area contributed by atoms with Crippen molar-refractivity contribution in [2.75, 3.05) is 0 Å². The number of hydrogen-bond donors (Lipinski definition) is 1. The Bertz CT molecular complexity index is 495. The number of nitrogens with zero attached hydrogens (tertiary/aromatic N) is 3. The summed E-state index contributed by atoms with van der Waals surface area (Å²) in [5, 5.41) is 16.1. The Balaban J connectivity index is 2.43. The summed E-state index contributed by atoms with van der Waals surface area (Å²) in [4.78, 5) is 0. The van der Waals surface area contributed by atoms with Crippen LogP contribution in [0, 0.1) is 0 Å². The zero-order chi connectivity index (χ0) is 12.5. The summed E-state index contributed by atoms with van der Waals surface area (Å²) in [7, 11) is 0. The zero-order valence-corrected chi connectivity index (χ0v) is 8.46. The van der Waals surface area contributed by atoms with Gasteiger partial charge in [-0.3, -0.25) is 0 Å². The predicted molar refractivity (Wildman–Crippen MR) is 52.4 cm³/mol. The van der Waals surface area contributed by atoms with Crippen LogP contribution in [0.15, 0.2) is 36.5 Å². The molecular formula is C10H8F3N3O. The van der Waals surface area contributed by atoms with Crippen LogP contribution in [0.3, 0.4) is 0 Å². The molecule has 0 radical (unpaired) electrons. The van der Waals surface area contributed by atoms with Crippen LogP contribution in [0.25, 0.3) is 5.69 Å². The lowest BCUT2D eigenvalue weighted by atomic mass is 10.2. The number of benzene rings is 1. The van der Waals surface area contributed by atoms with Crippen molar-refractivity contribution in [1.29, 1.82) is 0 Å². The Labute approximate surface area is 94.3 Å². The van der Waals surface area contributed by atoms with E-state index in [1.807, 2.05) is 0 Å². The molecule has 1 N–H and O–H groups in total. The van der Waals surface area contributed by atoms with E-state index in [0.29, 0.717) is 5.69 Å². The molecule has 17 heavy (non-hydrogen) atoms. The van der Waals surface area contributed by atoms with Crippen LogP contribution in [-0.4, -0.2) is 26.3 Å². The highest BCUT2D eigenvalue weighted by atomic mass is 19.4. The molecule has 0 amide bonds. The van der Waals surface area contributed by atoms with Crippen LogP contribution in [-0.2, 0) is 0 Å². The Kier molecular flexibility index (Phi) is 2.84. The minimum Gasteiger partial charge on any atom is -0.378 e. The van der Waals surface area contributed by atoms with Crippen LogP contribution < -0.4 is 0 Å². The highest BCUT2D eigenvalue weighted by Gasteiger charge is 2.41. The van der Waals surface area contributed by atoms with E-state index in [2.05, 4.69) is 10.3 Å². The zero-order valence-electron chi connectivity index (χ0n) is 8.46. The van der Waals surface area contributed by atoms with Crippen LogP contribution >= 0.6 is 0 Å². The fraction of sp³-hybridized carbons (Fsp3) is 0.200. The molecule has 2 rings (SSSR count). The number of aliphatic hydroxyl groups is 1. The van der Waals surface area contributed by atoms with Gasteiger partial charge in [-0.25, -0.2) is 4.68 Å². The second-order valence-electron chi connectivity index (χ2n) is 3.35. The average molecular weight is 243 g/mol. The lowest BCUT2D eigenvalue weighted by molar-refractivity contribution is -0.208. The van der Waals surface area contributed by atoms with Gasteiger partial charge in [0.25, 0.3) is 0 Å². The standard InChI is InChI=1S/C10H8F3N3O/c11-10(12,13)9(17)8-6-14-15-16(8)7-4-2-1-3-5-7/h1-6,9,17H/t9-/m0/s1. The molecule has 1 heterocycles. The Morgan fingerprint density at radius 1 is 1.18 bits per heavy atom. The molecule has 1 aromatic heterocycles. The first kappa shape index (κ1) is 11.6. The van der Waals surface area contributed by atoms with E-state index in [1.54, 1.807) is 30.3 Å². The van der Waals surface area contributed by atoms with E-state index in [4.69, 9.17) is 5.11 Å². The topological polar surface area (TPSA) is 50.9 Å². The van der Waals surface area contributed by atoms with Crippen molar-refractivity contribution < 1.29 is 18.3 Å². The lowest BCUT2D eigenvalue weighted by Crippen LogP contribution is -2.23. The van der Waals surface area contributed by atoms with E-state index in [0.717, 1.165) is 10.9 Å². The predicted octanol–water partition coefficient (Wildman–Crippen LogP) is 1.86. The minimum atomic E-state index is -4.74. The van der Waals surface area contributed by atoms with Gasteiger partial charge in [-0.15, -0.1) is 5.10 Å². The van der Waals surface area contributed by atoms with Gasteiger partial charge < -0.3 is 5.11 Å². The molecule has 0 fully saturated rings. The van der Waals surface area contributed by atoms with Crippen LogP contribution in [0.1, 0.15) is 11.8 Å². The summed E-state index contributed by atoms with van der Waals surface area (Å²) in [5.41, 5.74) is -0.00741. The number of aromatic nitrogens is 3. The van der Waals surface area contributed by atoms with E-state index < -0.39 is 18.0 Å². The molecule has 0 saturated heterocycles. The van der Waals surface area contributed by atoms with Gasteiger partial charge in [-0.2, -0.15) is 13.2 Å². The number of aliphatic hydroxyl groups excluding tert-OH is 1. The molecule has 0 saturated carbocycles. The lowest BCUT2D eigenvalue weighted by Gasteiger charge is -2.15. The van der Waals surface area contributed by atoms with Gasteiger partial charge in [0.05, 0.1) is 11.9 Å². The van der Waals surface area contributed by atoms with Crippen LogP contribution in [0.5, 0.6) is 0 Å². The van der Waals surface area contributed by atoms with Crippen LogP contribution in [0.2, 0.25) is 0 Å². The minimum absolute atomic E-state index is 0.406. The third-order valence-corrected chi connectivity index (χ3v) is 2.17. The van der Waals surface area contributed by atoms with E-state index >= 15 is 0 Å². The number of alkyl halides is 3. The van der Waals surface area contributed by atoms with Gasteiger partial charge in [0.2, 0.25) is 0 Å². The van der Waals surface area contributed by atoms with Gasteiger partial charge >= 0.3 is 6.18 Å². The molecule has 0 unspecified atom stereocenters. The second kappa shape index (κ2) is 4.17. The smallest absolute Gasteiger partial charge is 0.378 e. The Hall–Kier alpha value is -1.89. The third kappa shape index (κ3) is 2.28. The second-order valence-corrected chi connectivity index (χ2v) is 3.35. The molecule has 0 spiro atoms. The Morgan fingerprint density at radius 3 is 2.41 bits per heavy atom. The van der Waals surface area contributed by atoms with E-state index in [1.165, 1.54) is 0 Å². The molecular weight excluding hydrogens is 235 g/mol. The first-order valence-electron chi connectivity index (χ1n) is 4.71. The molecule has 7 heteroatoms. The molecule has 0 bridgehead atoms. The average Bonchev–Trinajstić information content (AvgIpc) is 2.76. The number of rotatable bonds is 2. The molecule has 0 aliphatic rings. The molecule has 0 aliphatic carbocycles. The van der Waals surface area contributed by atoms with Crippen molar-refractivity contribution in [3.05, 3.63) is 42.2 Å². The number of hydrogen-bond acceptors (Lipinski definition) is 3. The largest absolute Gasteiger partial charge is 0.420 e. The third-order valence-electron chi connectivity index (χ3n) is 2.17. The fourth-order valence-electron chi connectivity index (χ4n) is 1.37. The molecule has 4 nitrogen and oxygen atoms in total. The maximum absolute atomic E-state index is 12.4. The maximum Gasteiger partial charge on any atom is 0.420 e. The molecule has 1 aromatic carbocycles.